The molecule has 2 N–H and O–H groups in total. The van der Waals surface area contributed by atoms with Crippen LogP contribution in [0.1, 0.15) is 21.5 Å². The number of aryl methyl sites for hydroxylation is 2. The van der Waals surface area contributed by atoms with Crippen LogP contribution in [0.3, 0.4) is 0 Å². The summed E-state index contributed by atoms with van der Waals surface area (Å²) in [6.07, 6.45) is 0. The molecule has 0 aliphatic carbocycles. The Hall–Kier alpha value is -2.00. The zero-order chi connectivity index (χ0) is 14.0. The summed E-state index contributed by atoms with van der Waals surface area (Å²) in [5.74, 6) is -0.0758. The molecule has 0 unspecified atom stereocenters. The number of aromatic hydroxyl groups is 1. The molecular formula is C15H14ClNO2. The Bertz CT molecular complexity index is 638. The molecule has 0 spiro atoms. The maximum Gasteiger partial charge on any atom is 0.255 e. The number of benzene rings is 2. The molecule has 0 aliphatic rings. The molecule has 3 nitrogen and oxygen atoms in total. The third-order valence-corrected chi connectivity index (χ3v) is 3.31. The average molecular weight is 276 g/mol. The molecule has 2 rings (SSSR count). The molecule has 4 heteroatoms. The number of anilines is 1. The van der Waals surface area contributed by atoms with Crippen LogP contribution < -0.4 is 5.32 Å². The van der Waals surface area contributed by atoms with Crippen LogP contribution >= 0.6 is 11.6 Å². The molecule has 0 heterocycles. The summed E-state index contributed by atoms with van der Waals surface area (Å²) in [5.41, 5.74) is 2.70. The van der Waals surface area contributed by atoms with Crippen molar-refractivity contribution in [1.29, 1.82) is 0 Å². The van der Waals surface area contributed by atoms with Crippen molar-refractivity contribution < 1.29 is 9.90 Å². The van der Waals surface area contributed by atoms with E-state index in [9.17, 15) is 9.90 Å². The molecular weight excluding hydrogens is 262 g/mol. The smallest absolute Gasteiger partial charge is 0.255 e. The number of hydrogen-bond acceptors (Lipinski definition) is 2. The molecule has 0 saturated heterocycles. The van der Waals surface area contributed by atoms with Crippen molar-refractivity contribution in [3.63, 3.8) is 0 Å². The van der Waals surface area contributed by atoms with Crippen molar-refractivity contribution in [2.75, 3.05) is 5.32 Å². The van der Waals surface area contributed by atoms with E-state index in [0.29, 0.717) is 16.3 Å². The van der Waals surface area contributed by atoms with Crippen LogP contribution in [0.25, 0.3) is 0 Å². The van der Waals surface area contributed by atoms with Crippen LogP contribution in [-0.4, -0.2) is 11.0 Å². The minimum absolute atomic E-state index is 0.157. The van der Waals surface area contributed by atoms with Crippen LogP contribution in [0.2, 0.25) is 5.02 Å². The minimum atomic E-state index is -0.233. The van der Waals surface area contributed by atoms with Gasteiger partial charge in [-0.3, -0.25) is 4.79 Å². The van der Waals surface area contributed by atoms with Crippen LogP contribution in [0.5, 0.6) is 5.75 Å². The molecule has 0 aliphatic heterocycles. The van der Waals surface area contributed by atoms with Gasteiger partial charge in [0.2, 0.25) is 0 Å². The average Bonchev–Trinajstić information content (AvgIpc) is 2.37. The number of rotatable bonds is 2. The number of nitrogens with one attached hydrogen (secondary N) is 1. The fourth-order valence-electron chi connectivity index (χ4n) is 1.68. The number of carbonyl (C=O) groups excluding carboxylic acids is 1. The second kappa shape index (κ2) is 5.33. The second-order valence-corrected chi connectivity index (χ2v) is 4.83. The summed E-state index contributed by atoms with van der Waals surface area (Å²) < 4.78 is 0. The van der Waals surface area contributed by atoms with Crippen molar-refractivity contribution in [1.82, 2.24) is 0 Å². The van der Waals surface area contributed by atoms with Crippen molar-refractivity contribution >= 4 is 23.2 Å². The lowest BCUT2D eigenvalue weighted by Crippen LogP contribution is -2.12. The fourth-order valence-corrected chi connectivity index (χ4v) is 1.79. The van der Waals surface area contributed by atoms with E-state index in [4.69, 9.17) is 11.6 Å². The second-order valence-electron chi connectivity index (χ2n) is 4.42. The first kappa shape index (κ1) is 13.4. The van der Waals surface area contributed by atoms with E-state index in [1.54, 1.807) is 37.3 Å². The normalized spacial score (nSPS) is 10.3. The van der Waals surface area contributed by atoms with Gasteiger partial charge in [-0.1, -0.05) is 17.7 Å². The summed E-state index contributed by atoms with van der Waals surface area (Å²) >= 11 is 5.92. The Morgan fingerprint density at radius 2 is 1.84 bits per heavy atom. The summed E-state index contributed by atoms with van der Waals surface area (Å²) in [4.78, 5) is 12.0. The zero-order valence-electron chi connectivity index (χ0n) is 10.7. The van der Waals surface area contributed by atoms with Gasteiger partial charge in [-0.15, -0.1) is 0 Å². The van der Waals surface area contributed by atoms with Gasteiger partial charge in [-0.05, 0) is 49.2 Å². The molecule has 2 aromatic carbocycles. The minimum Gasteiger partial charge on any atom is -0.508 e. The Balaban J connectivity index is 2.20. The number of hydrogen-bond donors (Lipinski definition) is 2. The van der Waals surface area contributed by atoms with E-state index in [0.717, 1.165) is 11.1 Å². The highest BCUT2D eigenvalue weighted by Gasteiger charge is 2.08. The van der Waals surface area contributed by atoms with E-state index in [-0.39, 0.29) is 11.7 Å². The van der Waals surface area contributed by atoms with Gasteiger partial charge in [0, 0.05) is 22.3 Å². The number of halogens is 1. The molecule has 0 bridgehead atoms. The predicted molar refractivity (Wildman–Crippen MR) is 77.0 cm³/mol. The van der Waals surface area contributed by atoms with E-state index in [1.807, 2.05) is 6.92 Å². The van der Waals surface area contributed by atoms with Crippen molar-refractivity contribution in [2.45, 2.75) is 13.8 Å². The first-order valence-electron chi connectivity index (χ1n) is 5.84. The lowest BCUT2D eigenvalue weighted by molar-refractivity contribution is 0.102. The third kappa shape index (κ3) is 3.06. The Kier molecular flexibility index (Phi) is 3.76. The molecule has 19 heavy (non-hydrogen) atoms. The molecule has 2 aromatic rings. The number of phenols is 1. The van der Waals surface area contributed by atoms with Crippen LogP contribution in [0, 0.1) is 13.8 Å². The van der Waals surface area contributed by atoms with Gasteiger partial charge in [0.15, 0.2) is 0 Å². The van der Waals surface area contributed by atoms with Gasteiger partial charge < -0.3 is 10.4 Å². The van der Waals surface area contributed by atoms with Crippen LogP contribution in [0.4, 0.5) is 5.69 Å². The molecule has 98 valence electrons. The highest BCUT2D eigenvalue weighted by atomic mass is 35.5. The molecule has 0 atom stereocenters. The lowest BCUT2D eigenvalue weighted by atomic mass is 10.1. The van der Waals surface area contributed by atoms with Crippen molar-refractivity contribution in [3.05, 3.63) is 58.1 Å². The molecule has 0 radical (unpaired) electrons. The van der Waals surface area contributed by atoms with Crippen molar-refractivity contribution in [3.8, 4) is 5.75 Å². The fraction of sp³-hybridized carbons (Fsp3) is 0.133. The van der Waals surface area contributed by atoms with Gasteiger partial charge in [0.25, 0.3) is 5.91 Å². The lowest BCUT2D eigenvalue weighted by Gasteiger charge is -2.08. The van der Waals surface area contributed by atoms with E-state index in [2.05, 4.69) is 5.32 Å². The van der Waals surface area contributed by atoms with Crippen molar-refractivity contribution in [2.24, 2.45) is 0 Å². The number of carbonyl (C=O) groups is 1. The quantitative estimate of drug-likeness (QED) is 0.873. The van der Waals surface area contributed by atoms with Gasteiger partial charge in [-0.25, -0.2) is 0 Å². The van der Waals surface area contributed by atoms with Gasteiger partial charge in [0.1, 0.15) is 5.75 Å². The topological polar surface area (TPSA) is 49.3 Å². The molecule has 1 amide bonds. The zero-order valence-corrected chi connectivity index (χ0v) is 11.5. The predicted octanol–water partition coefficient (Wildman–Crippen LogP) is 3.91. The van der Waals surface area contributed by atoms with Gasteiger partial charge in [-0.2, -0.15) is 0 Å². The molecule has 0 aromatic heterocycles. The van der Waals surface area contributed by atoms with E-state index in [1.165, 1.54) is 6.07 Å². The first-order chi connectivity index (χ1) is 8.97. The Morgan fingerprint density at radius 3 is 2.47 bits per heavy atom. The van der Waals surface area contributed by atoms with Crippen LogP contribution in [0.15, 0.2) is 36.4 Å². The highest BCUT2D eigenvalue weighted by Crippen LogP contribution is 2.22. The van der Waals surface area contributed by atoms with E-state index < -0.39 is 0 Å². The Morgan fingerprint density at radius 1 is 1.11 bits per heavy atom. The highest BCUT2D eigenvalue weighted by molar-refractivity contribution is 6.31. The number of phenolic OH excluding ortho intramolecular Hbond substituents is 1. The SMILES string of the molecule is Cc1ccc(NC(=O)c2ccc(Cl)c(C)c2)cc1O. The van der Waals surface area contributed by atoms with E-state index >= 15 is 0 Å². The third-order valence-electron chi connectivity index (χ3n) is 2.89. The standard InChI is InChI=1S/C15H14ClNO2/c1-9-3-5-12(8-14(9)18)17-15(19)11-4-6-13(16)10(2)7-11/h3-8,18H,1-2H3,(H,17,19). The summed E-state index contributed by atoms with van der Waals surface area (Å²) in [6, 6.07) is 10.1. The number of amides is 1. The largest absolute Gasteiger partial charge is 0.508 e. The monoisotopic (exact) mass is 275 g/mol. The maximum atomic E-state index is 12.0. The summed E-state index contributed by atoms with van der Waals surface area (Å²) in [7, 11) is 0. The maximum absolute atomic E-state index is 12.0. The Labute approximate surface area is 116 Å². The first-order valence-corrected chi connectivity index (χ1v) is 6.22. The van der Waals surface area contributed by atoms with Gasteiger partial charge >= 0.3 is 0 Å². The van der Waals surface area contributed by atoms with Gasteiger partial charge in [0.05, 0.1) is 0 Å². The molecule has 0 fully saturated rings. The van der Waals surface area contributed by atoms with Crippen LogP contribution in [-0.2, 0) is 0 Å². The summed E-state index contributed by atoms with van der Waals surface area (Å²) in [5, 5.41) is 13.0. The summed E-state index contributed by atoms with van der Waals surface area (Å²) in [6.45, 7) is 3.64. The molecule has 0 saturated carbocycles.